The largest absolute Gasteiger partial charge is 0.355 e. The number of nitrogens with zero attached hydrogens (tertiary/aromatic N) is 5. The van der Waals surface area contributed by atoms with Crippen LogP contribution in [0.2, 0.25) is 0 Å². The maximum absolute atomic E-state index is 12.6. The lowest BCUT2D eigenvalue weighted by atomic mass is 10.1. The van der Waals surface area contributed by atoms with Crippen LogP contribution in [0, 0.1) is 0 Å². The van der Waals surface area contributed by atoms with Gasteiger partial charge in [-0.05, 0) is 6.42 Å². The van der Waals surface area contributed by atoms with Crippen LogP contribution in [0.3, 0.4) is 0 Å². The molecule has 1 saturated heterocycles. The molecule has 7 heteroatoms. The van der Waals surface area contributed by atoms with E-state index in [1.54, 1.807) is 28.2 Å². The van der Waals surface area contributed by atoms with Gasteiger partial charge in [-0.3, -0.25) is 4.79 Å². The summed E-state index contributed by atoms with van der Waals surface area (Å²) >= 11 is 0. The van der Waals surface area contributed by atoms with E-state index in [4.69, 9.17) is 4.52 Å². The van der Waals surface area contributed by atoms with Crippen LogP contribution in [0.1, 0.15) is 23.0 Å². The average Bonchev–Trinajstić information content (AvgIpc) is 3.35. The van der Waals surface area contributed by atoms with Crippen LogP contribution < -0.4 is 0 Å². The highest BCUT2D eigenvalue weighted by atomic mass is 16.5. The molecule has 23 heavy (non-hydrogen) atoms. The molecule has 1 aromatic carbocycles. The Morgan fingerprint density at radius 3 is 2.74 bits per heavy atom. The minimum atomic E-state index is -0.120. The molecule has 1 fully saturated rings. The Morgan fingerprint density at radius 2 is 1.96 bits per heavy atom. The van der Waals surface area contributed by atoms with Crippen molar-refractivity contribution < 1.29 is 9.32 Å². The van der Waals surface area contributed by atoms with Gasteiger partial charge in [-0.2, -0.15) is 15.0 Å². The van der Waals surface area contributed by atoms with Crippen LogP contribution in [0.15, 0.2) is 53.3 Å². The number of rotatable bonds is 3. The Bertz CT molecular complexity index is 797. The number of hydrogen-bond donors (Lipinski definition) is 0. The summed E-state index contributed by atoms with van der Waals surface area (Å²) in [6.07, 6.45) is 4.13. The predicted molar refractivity (Wildman–Crippen MR) is 81.5 cm³/mol. The molecular weight excluding hydrogens is 294 g/mol. The molecule has 4 rings (SSSR count). The van der Waals surface area contributed by atoms with Gasteiger partial charge in [0.2, 0.25) is 0 Å². The molecule has 0 N–H and O–H groups in total. The Morgan fingerprint density at radius 1 is 1.17 bits per heavy atom. The molecule has 0 radical (unpaired) electrons. The van der Waals surface area contributed by atoms with E-state index in [-0.39, 0.29) is 11.9 Å². The second-order valence-corrected chi connectivity index (χ2v) is 5.49. The summed E-state index contributed by atoms with van der Waals surface area (Å²) in [4.78, 5) is 16.0. The van der Waals surface area contributed by atoms with Gasteiger partial charge in [-0.15, -0.1) is 0 Å². The van der Waals surface area contributed by atoms with Crippen molar-refractivity contribution in [1.82, 2.24) is 25.1 Å². The van der Waals surface area contributed by atoms with Crippen LogP contribution in [0.25, 0.3) is 11.3 Å². The van der Waals surface area contributed by atoms with Gasteiger partial charge < -0.3 is 9.42 Å². The first kappa shape index (κ1) is 13.7. The SMILES string of the molecule is O=C(c1cc(-c2ccccc2)on1)N1CCC(n2nccn2)C1. The van der Waals surface area contributed by atoms with Crippen LogP contribution in [-0.4, -0.2) is 44.0 Å². The van der Waals surface area contributed by atoms with Gasteiger partial charge in [0.1, 0.15) is 0 Å². The Kier molecular flexibility index (Phi) is 3.38. The molecule has 0 spiro atoms. The van der Waals surface area contributed by atoms with Gasteiger partial charge in [0.15, 0.2) is 11.5 Å². The fourth-order valence-electron chi connectivity index (χ4n) is 2.81. The molecule has 0 aliphatic carbocycles. The third kappa shape index (κ3) is 2.61. The average molecular weight is 309 g/mol. The molecule has 1 aliphatic heterocycles. The highest BCUT2D eigenvalue weighted by molar-refractivity contribution is 5.93. The topological polar surface area (TPSA) is 77.0 Å². The van der Waals surface area contributed by atoms with Crippen molar-refractivity contribution in [3.05, 3.63) is 54.5 Å². The highest BCUT2D eigenvalue weighted by Gasteiger charge is 2.30. The fourth-order valence-corrected chi connectivity index (χ4v) is 2.81. The molecular formula is C16H15N5O2. The predicted octanol–water partition coefficient (Wildman–Crippen LogP) is 2.02. The lowest BCUT2D eigenvalue weighted by Gasteiger charge is -2.14. The van der Waals surface area contributed by atoms with E-state index in [2.05, 4.69) is 15.4 Å². The lowest BCUT2D eigenvalue weighted by Crippen LogP contribution is -2.29. The van der Waals surface area contributed by atoms with Crippen LogP contribution in [0.4, 0.5) is 0 Å². The summed E-state index contributed by atoms with van der Waals surface area (Å²) in [7, 11) is 0. The molecule has 116 valence electrons. The van der Waals surface area contributed by atoms with Gasteiger partial charge >= 0.3 is 0 Å². The van der Waals surface area contributed by atoms with Crippen LogP contribution in [-0.2, 0) is 0 Å². The summed E-state index contributed by atoms with van der Waals surface area (Å²) in [6, 6.07) is 11.4. The molecule has 1 aliphatic rings. The van der Waals surface area contributed by atoms with E-state index in [9.17, 15) is 4.79 Å². The minimum absolute atomic E-state index is 0.120. The van der Waals surface area contributed by atoms with E-state index >= 15 is 0 Å². The lowest BCUT2D eigenvalue weighted by molar-refractivity contribution is 0.0776. The highest BCUT2D eigenvalue weighted by Crippen LogP contribution is 2.24. The number of carbonyl (C=O) groups is 1. The molecule has 7 nitrogen and oxygen atoms in total. The van der Waals surface area contributed by atoms with Gasteiger partial charge in [-0.1, -0.05) is 35.5 Å². The quantitative estimate of drug-likeness (QED) is 0.739. The first-order valence-electron chi connectivity index (χ1n) is 7.48. The molecule has 2 aromatic heterocycles. The zero-order valence-corrected chi connectivity index (χ0v) is 12.4. The number of benzene rings is 1. The molecule has 0 saturated carbocycles. The first-order valence-corrected chi connectivity index (χ1v) is 7.48. The standard InChI is InChI=1S/C16H15N5O2/c22-16(20-9-6-13(11-20)21-17-7-8-18-21)14-10-15(23-19-14)12-4-2-1-3-5-12/h1-5,7-8,10,13H,6,9,11H2. The van der Waals surface area contributed by atoms with Crippen molar-refractivity contribution in [2.45, 2.75) is 12.5 Å². The third-order valence-corrected chi connectivity index (χ3v) is 4.00. The smallest absolute Gasteiger partial charge is 0.276 e. The van der Waals surface area contributed by atoms with Crippen molar-refractivity contribution in [2.24, 2.45) is 0 Å². The number of hydrogen-bond acceptors (Lipinski definition) is 5. The van der Waals surface area contributed by atoms with Gasteiger partial charge in [0.05, 0.1) is 18.4 Å². The van der Waals surface area contributed by atoms with Crippen molar-refractivity contribution in [2.75, 3.05) is 13.1 Å². The molecule has 3 heterocycles. The molecule has 3 aromatic rings. The first-order chi connectivity index (χ1) is 11.3. The molecule has 1 atom stereocenters. The zero-order chi connectivity index (χ0) is 15.6. The van der Waals surface area contributed by atoms with E-state index in [0.29, 0.717) is 24.5 Å². The number of amides is 1. The maximum atomic E-state index is 12.6. The summed E-state index contributed by atoms with van der Waals surface area (Å²) < 4.78 is 5.30. The van der Waals surface area contributed by atoms with Crippen molar-refractivity contribution in [1.29, 1.82) is 0 Å². The van der Waals surface area contributed by atoms with E-state index in [1.165, 1.54) is 0 Å². The van der Waals surface area contributed by atoms with Crippen molar-refractivity contribution in [3.8, 4) is 11.3 Å². The van der Waals surface area contributed by atoms with Gasteiger partial charge in [0.25, 0.3) is 5.91 Å². The molecule has 0 bridgehead atoms. The Hall–Kier alpha value is -2.96. The second kappa shape index (κ2) is 5.68. The van der Waals surface area contributed by atoms with Crippen LogP contribution in [0.5, 0.6) is 0 Å². The number of aromatic nitrogens is 4. The molecule has 1 unspecified atom stereocenters. The fraction of sp³-hybridized carbons (Fsp3) is 0.250. The number of likely N-dealkylation sites (tertiary alicyclic amines) is 1. The van der Waals surface area contributed by atoms with Crippen LogP contribution >= 0.6 is 0 Å². The van der Waals surface area contributed by atoms with E-state index < -0.39 is 0 Å². The number of carbonyl (C=O) groups excluding carboxylic acids is 1. The molecule has 1 amide bonds. The zero-order valence-electron chi connectivity index (χ0n) is 12.4. The second-order valence-electron chi connectivity index (χ2n) is 5.49. The van der Waals surface area contributed by atoms with Gasteiger partial charge in [-0.25, -0.2) is 0 Å². The summed E-state index contributed by atoms with van der Waals surface area (Å²) in [5, 5.41) is 12.2. The van der Waals surface area contributed by atoms with Crippen molar-refractivity contribution in [3.63, 3.8) is 0 Å². The maximum Gasteiger partial charge on any atom is 0.276 e. The Labute approximate surface area is 132 Å². The van der Waals surface area contributed by atoms with Crippen molar-refractivity contribution >= 4 is 5.91 Å². The minimum Gasteiger partial charge on any atom is -0.355 e. The summed E-state index contributed by atoms with van der Waals surface area (Å²) in [5.41, 5.74) is 1.23. The van der Waals surface area contributed by atoms with E-state index in [1.807, 2.05) is 30.3 Å². The van der Waals surface area contributed by atoms with Gasteiger partial charge in [0, 0.05) is 24.7 Å². The summed E-state index contributed by atoms with van der Waals surface area (Å²) in [6.45, 7) is 1.25. The van der Waals surface area contributed by atoms with E-state index in [0.717, 1.165) is 12.0 Å². The normalized spacial score (nSPS) is 17.6. The monoisotopic (exact) mass is 309 g/mol. The Balaban J connectivity index is 1.49. The summed E-state index contributed by atoms with van der Waals surface area (Å²) in [5.74, 6) is 0.476. The third-order valence-electron chi connectivity index (χ3n) is 4.00.